The number of ketones is 1. The van der Waals surface area contributed by atoms with Gasteiger partial charge in [0.05, 0.1) is 16.0 Å². The molecule has 1 atom stereocenters. The molecule has 0 radical (unpaired) electrons. The van der Waals surface area contributed by atoms with Crippen LogP contribution in [0, 0.1) is 12.7 Å². The van der Waals surface area contributed by atoms with Crippen LogP contribution in [0.5, 0.6) is 0 Å². The Kier molecular flexibility index (Phi) is 8.39. The third-order valence-corrected chi connectivity index (χ3v) is 5.95. The van der Waals surface area contributed by atoms with Gasteiger partial charge in [0.2, 0.25) is 0 Å². The summed E-state index contributed by atoms with van der Waals surface area (Å²) in [6.07, 6.45) is -0.0627. The summed E-state index contributed by atoms with van der Waals surface area (Å²) in [6, 6.07) is 10.1. The van der Waals surface area contributed by atoms with Gasteiger partial charge in [0.25, 0.3) is 0 Å². The number of hydrogen-bond donors (Lipinski definition) is 0. The van der Waals surface area contributed by atoms with Gasteiger partial charge >= 0.3 is 6.18 Å². The molecule has 1 aromatic heterocycles. The average Bonchev–Trinajstić information content (AvgIpc) is 2.76. The zero-order chi connectivity index (χ0) is 25.0. The van der Waals surface area contributed by atoms with Crippen LogP contribution >= 0.6 is 34.8 Å². The van der Waals surface area contributed by atoms with E-state index in [9.17, 15) is 22.4 Å². The molecule has 3 aromatic rings. The number of hydrogen-bond acceptors (Lipinski definition) is 2. The number of aryl methyl sites for hydroxylation is 2. The summed E-state index contributed by atoms with van der Waals surface area (Å²) >= 11 is 17.1. The van der Waals surface area contributed by atoms with Gasteiger partial charge in [-0.25, -0.2) is 9.37 Å². The van der Waals surface area contributed by atoms with Crippen LogP contribution in [0.4, 0.5) is 17.6 Å². The van der Waals surface area contributed by atoms with Crippen molar-refractivity contribution in [3.63, 3.8) is 0 Å². The van der Waals surface area contributed by atoms with Gasteiger partial charge < -0.3 is 0 Å². The first kappa shape index (κ1) is 26.2. The van der Waals surface area contributed by atoms with E-state index in [1.165, 1.54) is 6.08 Å². The molecule has 0 spiro atoms. The Hall–Kier alpha value is -2.41. The van der Waals surface area contributed by atoms with Gasteiger partial charge in [-0.15, -0.1) is 0 Å². The Labute approximate surface area is 209 Å². The normalized spacial score (nSPS) is 12.8. The van der Waals surface area contributed by atoms with Crippen LogP contribution < -0.4 is 0 Å². The summed E-state index contributed by atoms with van der Waals surface area (Å²) in [6.45, 7) is 1.72. The van der Waals surface area contributed by atoms with E-state index in [-0.39, 0.29) is 17.8 Å². The minimum Gasteiger partial charge on any atom is -0.294 e. The lowest BCUT2D eigenvalue weighted by Crippen LogP contribution is -2.19. The predicted molar refractivity (Wildman–Crippen MR) is 127 cm³/mol. The molecule has 178 valence electrons. The summed E-state index contributed by atoms with van der Waals surface area (Å²) in [4.78, 5) is 16.6. The van der Waals surface area contributed by atoms with Crippen molar-refractivity contribution >= 4 is 46.7 Å². The predicted octanol–water partition coefficient (Wildman–Crippen LogP) is 8.66. The molecule has 1 heterocycles. The number of allylic oxidation sites excluding steroid dienone is 1. The van der Waals surface area contributed by atoms with Crippen molar-refractivity contribution in [2.24, 2.45) is 0 Å². The number of carbonyl (C=O) groups excluding carboxylic acids is 1. The van der Waals surface area contributed by atoms with Crippen LogP contribution in [0.1, 0.15) is 45.0 Å². The summed E-state index contributed by atoms with van der Waals surface area (Å²) < 4.78 is 54.7. The molecule has 0 aliphatic rings. The maximum absolute atomic E-state index is 13.7. The molecule has 0 amide bonds. The molecule has 34 heavy (non-hydrogen) atoms. The van der Waals surface area contributed by atoms with E-state index in [0.29, 0.717) is 28.3 Å². The lowest BCUT2D eigenvalue weighted by atomic mass is 9.95. The topological polar surface area (TPSA) is 30.0 Å². The molecule has 0 aliphatic carbocycles. The fraction of sp³-hybridized carbons (Fsp3) is 0.200. The molecule has 2 nitrogen and oxygen atoms in total. The van der Waals surface area contributed by atoms with Crippen molar-refractivity contribution in [3.05, 3.63) is 104 Å². The molecule has 0 N–H and O–H groups in total. The van der Waals surface area contributed by atoms with Gasteiger partial charge in [0.15, 0.2) is 11.6 Å². The molecular weight excluding hydrogens is 513 g/mol. The van der Waals surface area contributed by atoms with Gasteiger partial charge in [-0.05, 0) is 53.8 Å². The van der Waals surface area contributed by atoms with Gasteiger partial charge in [0.1, 0.15) is 5.15 Å². The number of nitrogens with zero attached hydrogens (tertiary/aromatic N) is 1. The first-order valence-corrected chi connectivity index (χ1v) is 11.2. The quantitative estimate of drug-likeness (QED) is 0.132. The SMILES string of the molecule is Cc1cc(/C=C/C(c2cc(Cl)c(F)c(Cl)c2)C(F)(F)F)ccc1C(=O)CCc1ccc(Cl)nc1. The van der Waals surface area contributed by atoms with E-state index in [4.69, 9.17) is 34.8 Å². The largest absolute Gasteiger partial charge is 0.399 e. The highest BCUT2D eigenvalue weighted by molar-refractivity contribution is 6.35. The van der Waals surface area contributed by atoms with Crippen LogP contribution in [0.15, 0.2) is 54.7 Å². The minimum atomic E-state index is -4.65. The van der Waals surface area contributed by atoms with Crippen molar-refractivity contribution in [1.29, 1.82) is 0 Å². The lowest BCUT2D eigenvalue weighted by molar-refractivity contribution is -0.139. The number of benzene rings is 2. The summed E-state index contributed by atoms with van der Waals surface area (Å²) in [5.41, 5.74) is 2.19. The average molecular weight is 531 g/mol. The highest BCUT2D eigenvalue weighted by Crippen LogP contribution is 2.39. The van der Waals surface area contributed by atoms with Crippen molar-refractivity contribution < 1.29 is 22.4 Å². The molecule has 0 aliphatic heterocycles. The number of pyridine rings is 1. The van der Waals surface area contributed by atoms with Crippen molar-refractivity contribution in [3.8, 4) is 0 Å². The van der Waals surface area contributed by atoms with Crippen LogP contribution in [0.25, 0.3) is 6.08 Å². The first-order chi connectivity index (χ1) is 16.0. The summed E-state index contributed by atoms with van der Waals surface area (Å²) in [7, 11) is 0. The van der Waals surface area contributed by atoms with Crippen LogP contribution in [-0.4, -0.2) is 16.9 Å². The smallest absolute Gasteiger partial charge is 0.294 e. The molecule has 0 fully saturated rings. The molecule has 2 aromatic carbocycles. The molecular formula is C25H18Cl3F4NO. The van der Waals surface area contributed by atoms with Crippen LogP contribution in [0.2, 0.25) is 15.2 Å². The van der Waals surface area contributed by atoms with E-state index in [0.717, 1.165) is 23.8 Å². The number of alkyl halides is 3. The number of rotatable bonds is 7. The van der Waals surface area contributed by atoms with Gasteiger partial charge in [-0.2, -0.15) is 13.2 Å². The Morgan fingerprint density at radius 1 is 1.06 bits per heavy atom. The van der Waals surface area contributed by atoms with E-state index in [1.807, 2.05) is 0 Å². The second-order valence-corrected chi connectivity index (χ2v) is 8.87. The van der Waals surface area contributed by atoms with Crippen molar-refractivity contribution in [1.82, 2.24) is 4.98 Å². The highest BCUT2D eigenvalue weighted by Gasteiger charge is 2.39. The number of carbonyl (C=O) groups is 1. The van der Waals surface area contributed by atoms with Crippen molar-refractivity contribution in [2.45, 2.75) is 31.9 Å². The van der Waals surface area contributed by atoms with Crippen LogP contribution in [-0.2, 0) is 6.42 Å². The Morgan fingerprint density at radius 3 is 2.29 bits per heavy atom. The number of Topliss-reactive ketones (excluding diaryl/α,β-unsaturated/α-hetero) is 1. The van der Waals surface area contributed by atoms with E-state index < -0.39 is 28.0 Å². The van der Waals surface area contributed by atoms with E-state index >= 15 is 0 Å². The maximum atomic E-state index is 13.7. The molecule has 1 unspecified atom stereocenters. The van der Waals surface area contributed by atoms with E-state index in [2.05, 4.69) is 4.98 Å². The minimum absolute atomic E-state index is 0.0910. The molecule has 3 rings (SSSR count). The van der Waals surface area contributed by atoms with E-state index in [1.54, 1.807) is 43.5 Å². The fourth-order valence-electron chi connectivity index (χ4n) is 3.42. The molecule has 0 saturated carbocycles. The second kappa shape index (κ2) is 10.9. The van der Waals surface area contributed by atoms with Gasteiger partial charge in [-0.1, -0.05) is 71.2 Å². The monoisotopic (exact) mass is 529 g/mol. The Bertz CT molecular complexity index is 1200. The number of aromatic nitrogens is 1. The standard InChI is InChI=1S/C25H18Cl3F4NO/c1-14-10-15(2-6-18(14)22(34)8-4-16-5-9-23(28)33-13-16)3-7-19(25(30,31)32)17-11-20(26)24(29)21(27)12-17/h2-3,5-7,9-13,19H,4,8H2,1H3/b7-3+. The Morgan fingerprint density at radius 2 is 1.74 bits per heavy atom. The maximum Gasteiger partial charge on any atom is 0.399 e. The van der Waals surface area contributed by atoms with Crippen molar-refractivity contribution in [2.75, 3.05) is 0 Å². The molecule has 0 saturated heterocycles. The first-order valence-electron chi connectivity index (χ1n) is 10.1. The highest BCUT2D eigenvalue weighted by atomic mass is 35.5. The fourth-order valence-corrected chi connectivity index (χ4v) is 4.04. The second-order valence-electron chi connectivity index (χ2n) is 7.66. The van der Waals surface area contributed by atoms with Gasteiger partial charge in [-0.3, -0.25) is 4.79 Å². The molecule has 9 heteroatoms. The summed E-state index contributed by atoms with van der Waals surface area (Å²) in [5.74, 6) is -3.11. The van der Waals surface area contributed by atoms with Gasteiger partial charge in [0, 0.05) is 18.2 Å². The molecule has 0 bridgehead atoms. The number of halogens is 7. The zero-order valence-electron chi connectivity index (χ0n) is 17.8. The third-order valence-electron chi connectivity index (χ3n) is 5.18. The zero-order valence-corrected chi connectivity index (χ0v) is 20.0. The Balaban J connectivity index is 1.77. The lowest BCUT2D eigenvalue weighted by Gasteiger charge is -2.18. The van der Waals surface area contributed by atoms with Crippen LogP contribution in [0.3, 0.4) is 0 Å². The summed E-state index contributed by atoms with van der Waals surface area (Å²) in [5, 5.41) is -0.607. The third kappa shape index (κ3) is 6.59.